The summed E-state index contributed by atoms with van der Waals surface area (Å²) in [6.45, 7) is 3.57. The Morgan fingerprint density at radius 3 is 2.67 bits per heavy atom. The molecule has 8 nitrogen and oxygen atoms in total. The van der Waals surface area contributed by atoms with E-state index in [-0.39, 0.29) is 19.0 Å². The third kappa shape index (κ3) is 5.01. The predicted octanol–water partition coefficient (Wildman–Crippen LogP) is 1.91. The van der Waals surface area contributed by atoms with Crippen molar-refractivity contribution in [3.63, 3.8) is 0 Å². The van der Waals surface area contributed by atoms with Gasteiger partial charge in [-0.25, -0.2) is 4.79 Å². The molecule has 172 valence electrons. The Hall–Kier alpha value is -2.98. The number of halogens is 1. The van der Waals surface area contributed by atoms with E-state index >= 15 is 0 Å². The van der Waals surface area contributed by atoms with Crippen LogP contribution in [0, 0.1) is 0 Å². The van der Waals surface area contributed by atoms with E-state index in [9.17, 15) is 18.6 Å². The van der Waals surface area contributed by atoms with Crippen LogP contribution in [0.5, 0.6) is 5.75 Å². The van der Waals surface area contributed by atoms with Gasteiger partial charge in [0.15, 0.2) is 12.6 Å². The number of nitrogens with zero attached hydrogens (tertiary/aromatic N) is 1. The van der Waals surface area contributed by atoms with Crippen LogP contribution in [-0.4, -0.2) is 56.7 Å². The lowest BCUT2D eigenvalue weighted by molar-refractivity contribution is -0.164. The van der Waals surface area contributed by atoms with Gasteiger partial charge in [0.2, 0.25) is 5.91 Å². The SMILES string of the molecule is C=C1CS(=O)[C@H]2C(NC(=O)COc3cccc(Br)c3)C(=O)N2C1C(=O)OCc1ccccc1. The molecule has 2 heterocycles. The lowest BCUT2D eigenvalue weighted by atomic mass is 9.98. The highest BCUT2D eigenvalue weighted by Crippen LogP contribution is 2.34. The number of hydrogen-bond acceptors (Lipinski definition) is 6. The quantitative estimate of drug-likeness (QED) is 0.332. The van der Waals surface area contributed by atoms with Crippen LogP contribution in [-0.2, 0) is 36.5 Å². The van der Waals surface area contributed by atoms with Gasteiger partial charge in [0, 0.05) is 10.2 Å². The first-order valence-electron chi connectivity index (χ1n) is 10.1. The summed E-state index contributed by atoms with van der Waals surface area (Å²) in [5, 5.41) is 1.74. The van der Waals surface area contributed by atoms with Crippen LogP contribution in [0.2, 0.25) is 0 Å². The molecule has 2 aliphatic rings. The number of amides is 2. The highest BCUT2D eigenvalue weighted by molar-refractivity contribution is 9.10. The molecule has 3 unspecified atom stereocenters. The second-order valence-corrected chi connectivity index (χ2v) is 10.1. The van der Waals surface area contributed by atoms with Crippen LogP contribution < -0.4 is 10.1 Å². The summed E-state index contributed by atoms with van der Waals surface area (Å²) in [6, 6.07) is 14.1. The van der Waals surface area contributed by atoms with Gasteiger partial charge >= 0.3 is 5.97 Å². The summed E-state index contributed by atoms with van der Waals surface area (Å²) in [5.41, 5.74) is 1.15. The number of carbonyl (C=O) groups excluding carboxylic acids is 3. The second-order valence-electron chi connectivity index (χ2n) is 7.61. The van der Waals surface area contributed by atoms with Gasteiger partial charge in [-0.2, -0.15) is 0 Å². The number of fused-ring (bicyclic) bond motifs is 1. The third-order valence-corrected chi connectivity index (χ3v) is 7.46. The molecule has 0 aliphatic carbocycles. The number of benzene rings is 2. The Morgan fingerprint density at radius 1 is 1.18 bits per heavy atom. The molecule has 2 fully saturated rings. The molecule has 2 aliphatic heterocycles. The second kappa shape index (κ2) is 9.88. The van der Waals surface area contributed by atoms with Gasteiger partial charge in [0.05, 0.1) is 10.8 Å². The van der Waals surface area contributed by atoms with Crippen LogP contribution >= 0.6 is 15.9 Å². The molecule has 0 aromatic heterocycles. The Morgan fingerprint density at radius 2 is 1.94 bits per heavy atom. The summed E-state index contributed by atoms with van der Waals surface area (Å²) < 4.78 is 24.3. The van der Waals surface area contributed by atoms with Gasteiger partial charge in [-0.1, -0.05) is 58.9 Å². The van der Waals surface area contributed by atoms with E-state index in [0.717, 1.165) is 10.0 Å². The molecule has 33 heavy (non-hydrogen) atoms. The minimum atomic E-state index is -1.51. The standard InChI is InChI=1S/C23H21BrN2O6S/c1-14-13-33(30)22-19(25-18(27)12-31-17-9-5-8-16(24)10-17)21(28)26(22)20(14)23(29)32-11-15-6-3-2-4-7-15/h2-10,19-20,22H,1,11-13H2,(H,25,27)/t19?,20?,22-,33?/m0/s1. The van der Waals surface area contributed by atoms with Crippen LogP contribution in [0.3, 0.4) is 0 Å². The fraction of sp³-hybridized carbons (Fsp3) is 0.261. The zero-order valence-corrected chi connectivity index (χ0v) is 19.8. The summed E-state index contributed by atoms with van der Waals surface area (Å²) in [7, 11) is -1.51. The van der Waals surface area contributed by atoms with Gasteiger partial charge < -0.3 is 19.7 Å². The van der Waals surface area contributed by atoms with Crippen LogP contribution in [0.1, 0.15) is 5.56 Å². The average molecular weight is 533 g/mol. The van der Waals surface area contributed by atoms with E-state index in [2.05, 4.69) is 27.8 Å². The molecule has 0 radical (unpaired) electrons. The molecule has 4 atom stereocenters. The number of hydrogen-bond donors (Lipinski definition) is 1. The molecule has 2 aromatic carbocycles. The number of β-lactam (4-membered cyclic amide) rings is 1. The topological polar surface area (TPSA) is 102 Å². The molecular formula is C23H21BrN2O6S. The molecule has 2 amide bonds. The summed E-state index contributed by atoms with van der Waals surface area (Å²) >= 11 is 3.32. The largest absolute Gasteiger partial charge is 0.484 e. The maximum atomic E-state index is 12.8. The molecule has 0 spiro atoms. The molecule has 0 saturated carbocycles. The van der Waals surface area contributed by atoms with E-state index in [0.29, 0.717) is 11.3 Å². The van der Waals surface area contributed by atoms with Crippen LogP contribution in [0.15, 0.2) is 71.2 Å². The third-order valence-electron chi connectivity index (χ3n) is 5.27. The maximum Gasteiger partial charge on any atom is 0.333 e. The van der Waals surface area contributed by atoms with Crippen molar-refractivity contribution in [1.82, 2.24) is 10.2 Å². The van der Waals surface area contributed by atoms with Gasteiger partial charge in [0.1, 0.15) is 23.8 Å². The van der Waals surface area contributed by atoms with Crippen molar-refractivity contribution in [2.75, 3.05) is 12.4 Å². The number of rotatable bonds is 7. The Labute approximate surface area is 201 Å². The fourth-order valence-electron chi connectivity index (χ4n) is 3.72. The lowest BCUT2D eigenvalue weighted by Crippen LogP contribution is -2.77. The maximum absolute atomic E-state index is 12.8. The molecule has 10 heteroatoms. The number of carbonyl (C=O) groups is 3. The molecule has 0 bridgehead atoms. The smallest absolute Gasteiger partial charge is 0.333 e. The summed E-state index contributed by atoms with van der Waals surface area (Å²) in [5.74, 6) is -1.15. The van der Waals surface area contributed by atoms with Gasteiger partial charge in [-0.05, 0) is 29.3 Å². The molecule has 4 rings (SSSR count). The van der Waals surface area contributed by atoms with Gasteiger partial charge in [-0.15, -0.1) is 0 Å². The Bertz CT molecular complexity index is 1120. The van der Waals surface area contributed by atoms with Crippen molar-refractivity contribution in [2.45, 2.75) is 24.1 Å². The highest BCUT2D eigenvalue weighted by Gasteiger charge is 2.59. The van der Waals surface area contributed by atoms with Crippen molar-refractivity contribution >= 4 is 44.5 Å². The lowest BCUT2D eigenvalue weighted by Gasteiger charge is -2.52. The predicted molar refractivity (Wildman–Crippen MR) is 124 cm³/mol. The van der Waals surface area contributed by atoms with E-state index in [1.165, 1.54) is 4.90 Å². The summed E-state index contributed by atoms with van der Waals surface area (Å²) in [6.07, 6.45) is 0. The normalized spacial score (nSPS) is 23.8. The molecule has 2 saturated heterocycles. The van der Waals surface area contributed by atoms with E-state index in [1.54, 1.807) is 18.2 Å². The van der Waals surface area contributed by atoms with Crippen molar-refractivity contribution in [3.8, 4) is 5.75 Å². The van der Waals surface area contributed by atoms with Crippen LogP contribution in [0.4, 0.5) is 0 Å². The molecule has 2 aromatic rings. The minimum Gasteiger partial charge on any atom is -0.484 e. The zero-order chi connectivity index (χ0) is 23.5. The van der Waals surface area contributed by atoms with E-state index < -0.39 is 46.0 Å². The van der Waals surface area contributed by atoms with E-state index in [4.69, 9.17) is 9.47 Å². The fourth-order valence-corrected chi connectivity index (χ4v) is 5.76. The zero-order valence-electron chi connectivity index (χ0n) is 17.4. The highest BCUT2D eigenvalue weighted by atomic mass is 79.9. The average Bonchev–Trinajstić information content (AvgIpc) is 2.80. The minimum absolute atomic E-state index is 0.0421. The van der Waals surface area contributed by atoms with Gasteiger partial charge in [-0.3, -0.25) is 13.8 Å². The van der Waals surface area contributed by atoms with E-state index in [1.807, 2.05) is 36.4 Å². The number of nitrogens with one attached hydrogen (secondary N) is 1. The first kappa shape index (κ1) is 23.2. The first-order chi connectivity index (χ1) is 15.8. The monoisotopic (exact) mass is 532 g/mol. The number of ether oxygens (including phenoxy) is 2. The van der Waals surface area contributed by atoms with Crippen molar-refractivity contribution in [3.05, 3.63) is 76.8 Å². The van der Waals surface area contributed by atoms with Crippen LogP contribution in [0.25, 0.3) is 0 Å². The van der Waals surface area contributed by atoms with Crippen molar-refractivity contribution < 1.29 is 28.1 Å². The Kier molecular flexibility index (Phi) is 6.94. The van der Waals surface area contributed by atoms with Crippen molar-refractivity contribution in [1.29, 1.82) is 0 Å². The van der Waals surface area contributed by atoms with Crippen molar-refractivity contribution in [2.24, 2.45) is 0 Å². The number of esters is 1. The summed E-state index contributed by atoms with van der Waals surface area (Å²) in [4.78, 5) is 39.1. The molecular weight excluding hydrogens is 512 g/mol. The molecule has 1 N–H and O–H groups in total. The van der Waals surface area contributed by atoms with Gasteiger partial charge in [0.25, 0.3) is 5.91 Å². The first-order valence-corrected chi connectivity index (χ1v) is 12.3. The Balaban J connectivity index is 1.37.